The zero-order valence-electron chi connectivity index (χ0n) is 13.0. The minimum atomic E-state index is -0.710. The highest BCUT2D eigenvalue weighted by atomic mass is 79.9. The van der Waals surface area contributed by atoms with Crippen LogP contribution in [0.25, 0.3) is 6.08 Å². The van der Waals surface area contributed by atoms with Crippen LogP contribution in [-0.2, 0) is 19.1 Å². The number of aromatic hydroxyl groups is 1. The Morgan fingerprint density at radius 1 is 1.42 bits per heavy atom. The third-order valence-corrected chi connectivity index (χ3v) is 4.00. The summed E-state index contributed by atoms with van der Waals surface area (Å²) < 4.78 is 10.3. The minimum absolute atomic E-state index is 0.0434. The second-order valence-electron chi connectivity index (χ2n) is 5.04. The summed E-state index contributed by atoms with van der Waals surface area (Å²) in [5, 5.41) is 9.71. The van der Waals surface area contributed by atoms with Crippen molar-refractivity contribution in [1.82, 2.24) is 4.90 Å². The maximum Gasteiger partial charge on any atom is 0.331 e. The van der Waals surface area contributed by atoms with E-state index < -0.39 is 18.5 Å². The number of phenolic OH excluding ortho intramolecular Hbond substituents is 1. The smallest absolute Gasteiger partial charge is 0.331 e. The molecule has 1 aliphatic heterocycles. The van der Waals surface area contributed by atoms with Gasteiger partial charge in [-0.1, -0.05) is 0 Å². The number of benzene rings is 1. The van der Waals surface area contributed by atoms with Gasteiger partial charge in [-0.15, -0.1) is 0 Å². The molecule has 0 spiro atoms. The number of hydrogen-bond acceptors (Lipinski definition) is 6. The van der Waals surface area contributed by atoms with Gasteiger partial charge in [0.2, 0.25) is 5.91 Å². The Labute approximate surface area is 147 Å². The Kier molecular flexibility index (Phi) is 5.97. The second kappa shape index (κ2) is 7.96. The van der Waals surface area contributed by atoms with E-state index in [0.717, 1.165) is 11.0 Å². The second-order valence-corrected chi connectivity index (χ2v) is 5.89. The molecular formula is C16H16BrNO6. The van der Waals surface area contributed by atoms with E-state index in [1.165, 1.54) is 19.3 Å². The summed E-state index contributed by atoms with van der Waals surface area (Å²) in [5.41, 5.74) is 0.592. The van der Waals surface area contributed by atoms with Gasteiger partial charge in [0.15, 0.2) is 18.1 Å². The molecule has 8 heteroatoms. The lowest BCUT2D eigenvalue weighted by Crippen LogP contribution is -2.35. The monoisotopic (exact) mass is 397 g/mol. The van der Waals surface area contributed by atoms with Gasteiger partial charge in [0, 0.05) is 19.0 Å². The topological polar surface area (TPSA) is 93.1 Å². The summed E-state index contributed by atoms with van der Waals surface area (Å²) >= 11 is 3.18. The molecule has 0 aromatic heterocycles. The zero-order chi connectivity index (χ0) is 17.7. The van der Waals surface area contributed by atoms with Gasteiger partial charge in [0.1, 0.15) is 0 Å². The number of esters is 1. The number of halogens is 1. The third kappa shape index (κ3) is 4.35. The van der Waals surface area contributed by atoms with E-state index in [9.17, 15) is 19.5 Å². The first-order valence-electron chi connectivity index (χ1n) is 7.17. The summed E-state index contributed by atoms with van der Waals surface area (Å²) in [7, 11) is 1.41. The number of imide groups is 1. The van der Waals surface area contributed by atoms with Gasteiger partial charge in [-0.3, -0.25) is 14.5 Å². The molecule has 1 aromatic rings. The van der Waals surface area contributed by atoms with Crippen LogP contribution in [0.5, 0.6) is 11.5 Å². The van der Waals surface area contributed by atoms with Crippen molar-refractivity contribution >= 4 is 39.8 Å². The van der Waals surface area contributed by atoms with Gasteiger partial charge in [-0.05, 0) is 46.1 Å². The molecule has 1 fully saturated rings. The van der Waals surface area contributed by atoms with Crippen molar-refractivity contribution in [1.29, 1.82) is 0 Å². The Bertz CT molecular complexity index is 700. The lowest BCUT2D eigenvalue weighted by molar-refractivity contribution is -0.151. The zero-order valence-corrected chi connectivity index (χ0v) is 14.5. The standard InChI is InChI=1S/C16H16BrNO6/c1-23-12-8-10(7-11(17)16(12)22)4-5-15(21)24-9-14(20)18-6-2-3-13(18)19/h4-5,7-8,22H,2-3,6,9H2,1H3/b5-4+. The van der Waals surface area contributed by atoms with Crippen LogP contribution < -0.4 is 4.74 Å². The highest BCUT2D eigenvalue weighted by molar-refractivity contribution is 9.10. The van der Waals surface area contributed by atoms with Crippen molar-refractivity contribution in [3.05, 3.63) is 28.2 Å². The van der Waals surface area contributed by atoms with Gasteiger partial charge in [-0.2, -0.15) is 0 Å². The fraction of sp³-hybridized carbons (Fsp3) is 0.312. The molecule has 0 unspecified atom stereocenters. The van der Waals surface area contributed by atoms with Crippen LogP contribution in [0.2, 0.25) is 0 Å². The van der Waals surface area contributed by atoms with Crippen LogP contribution >= 0.6 is 15.9 Å². The Balaban J connectivity index is 1.92. The number of phenols is 1. The number of hydrogen-bond donors (Lipinski definition) is 1. The number of rotatable bonds is 5. The van der Waals surface area contributed by atoms with Gasteiger partial charge in [0.05, 0.1) is 11.6 Å². The molecule has 2 rings (SSSR count). The van der Waals surface area contributed by atoms with Crippen molar-refractivity contribution in [2.45, 2.75) is 12.8 Å². The van der Waals surface area contributed by atoms with Crippen LogP contribution in [0.1, 0.15) is 18.4 Å². The first-order chi connectivity index (χ1) is 11.4. The number of ether oxygens (including phenoxy) is 2. The number of carbonyl (C=O) groups is 3. The Morgan fingerprint density at radius 2 is 2.17 bits per heavy atom. The lowest BCUT2D eigenvalue weighted by atomic mass is 10.2. The van der Waals surface area contributed by atoms with Crippen molar-refractivity contribution in [3.8, 4) is 11.5 Å². The molecule has 24 heavy (non-hydrogen) atoms. The molecule has 0 atom stereocenters. The van der Waals surface area contributed by atoms with Crippen LogP contribution in [0.15, 0.2) is 22.7 Å². The summed E-state index contributed by atoms with van der Waals surface area (Å²) in [4.78, 5) is 35.9. The predicted molar refractivity (Wildman–Crippen MR) is 88.3 cm³/mol. The number of likely N-dealkylation sites (tertiary alicyclic amines) is 1. The van der Waals surface area contributed by atoms with Gasteiger partial charge in [-0.25, -0.2) is 4.79 Å². The van der Waals surface area contributed by atoms with Crippen LogP contribution in [-0.4, -0.2) is 48.1 Å². The molecule has 0 bridgehead atoms. The van der Waals surface area contributed by atoms with Crippen molar-refractivity contribution in [2.75, 3.05) is 20.3 Å². The molecule has 2 amide bonds. The number of methoxy groups -OCH3 is 1. The largest absolute Gasteiger partial charge is 0.503 e. The van der Waals surface area contributed by atoms with Crippen molar-refractivity contribution in [2.24, 2.45) is 0 Å². The molecule has 0 aliphatic carbocycles. The van der Waals surface area contributed by atoms with E-state index in [-0.39, 0.29) is 17.4 Å². The quantitative estimate of drug-likeness (QED) is 0.602. The fourth-order valence-corrected chi connectivity index (χ4v) is 2.64. The minimum Gasteiger partial charge on any atom is -0.503 e. The molecule has 128 valence electrons. The normalized spacial score (nSPS) is 14.2. The molecule has 1 aliphatic rings. The molecule has 1 saturated heterocycles. The molecule has 0 radical (unpaired) electrons. The van der Waals surface area contributed by atoms with Gasteiger partial charge in [0.25, 0.3) is 5.91 Å². The van der Waals surface area contributed by atoms with E-state index >= 15 is 0 Å². The van der Waals surface area contributed by atoms with Crippen molar-refractivity contribution in [3.63, 3.8) is 0 Å². The SMILES string of the molecule is COc1cc(/C=C/C(=O)OCC(=O)N2CCCC2=O)cc(Br)c1O. The summed E-state index contributed by atoms with van der Waals surface area (Å²) in [6.45, 7) is -0.107. The lowest BCUT2D eigenvalue weighted by Gasteiger charge is -2.12. The number of carbonyl (C=O) groups excluding carboxylic acids is 3. The average molecular weight is 398 g/mol. The predicted octanol–water partition coefficient (Wildman–Crippen LogP) is 1.87. The van der Waals surface area contributed by atoms with E-state index in [0.29, 0.717) is 29.4 Å². The summed E-state index contributed by atoms with van der Waals surface area (Å²) in [6.07, 6.45) is 3.59. The van der Waals surface area contributed by atoms with Crippen LogP contribution in [0.3, 0.4) is 0 Å². The Hall–Kier alpha value is -2.35. The molecule has 0 saturated carbocycles. The summed E-state index contributed by atoms with van der Waals surface area (Å²) in [5.74, 6) is -1.27. The third-order valence-electron chi connectivity index (χ3n) is 3.39. The number of amides is 2. The van der Waals surface area contributed by atoms with E-state index in [4.69, 9.17) is 9.47 Å². The molecule has 7 nitrogen and oxygen atoms in total. The van der Waals surface area contributed by atoms with Gasteiger partial charge >= 0.3 is 5.97 Å². The molecule has 1 heterocycles. The number of nitrogens with zero attached hydrogens (tertiary/aromatic N) is 1. The van der Waals surface area contributed by atoms with E-state index in [1.807, 2.05) is 0 Å². The first-order valence-corrected chi connectivity index (χ1v) is 7.96. The van der Waals surface area contributed by atoms with Crippen molar-refractivity contribution < 1.29 is 29.0 Å². The first kappa shape index (κ1) is 18.0. The summed E-state index contributed by atoms with van der Waals surface area (Å²) in [6, 6.07) is 3.13. The average Bonchev–Trinajstić information content (AvgIpc) is 2.99. The van der Waals surface area contributed by atoms with Gasteiger partial charge < -0.3 is 14.6 Å². The highest BCUT2D eigenvalue weighted by Gasteiger charge is 2.26. The maximum absolute atomic E-state index is 11.8. The Morgan fingerprint density at radius 3 is 2.79 bits per heavy atom. The highest BCUT2D eigenvalue weighted by Crippen LogP contribution is 2.35. The van der Waals surface area contributed by atoms with Crippen LogP contribution in [0.4, 0.5) is 0 Å². The van der Waals surface area contributed by atoms with E-state index in [2.05, 4.69) is 15.9 Å². The fourth-order valence-electron chi connectivity index (χ4n) is 2.18. The van der Waals surface area contributed by atoms with Crippen LogP contribution in [0, 0.1) is 0 Å². The maximum atomic E-state index is 11.8. The molecule has 1 N–H and O–H groups in total. The molecular weight excluding hydrogens is 382 g/mol. The van der Waals surface area contributed by atoms with E-state index in [1.54, 1.807) is 6.07 Å². The molecule has 1 aromatic carbocycles.